The summed E-state index contributed by atoms with van der Waals surface area (Å²) in [5.41, 5.74) is 0. The number of aromatic nitrogens is 1. The van der Waals surface area contributed by atoms with Crippen molar-refractivity contribution in [2.24, 2.45) is 0 Å². The molecule has 0 radical (unpaired) electrons. The van der Waals surface area contributed by atoms with Crippen molar-refractivity contribution in [1.29, 1.82) is 0 Å². The molecule has 0 fully saturated rings. The van der Waals surface area contributed by atoms with E-state index in [2.05, 4.69) is 33.0 Å². The van der Waals surface area contributed by atoms with Crippen LogP contribution in [0.2, 0.25) is 5.02 Å². The van der Waals surface area contributed by atoms with Crippen molar-refractivity contribution in [2.45, 2.75) is 0 Å². The molecule has 3 heteroatoms. The van der Waals surface area contributed by atoms with Gasteiger partial charge in [-0.3, -0.25) is 0 Å². The molecule has 0 aromatic carbocycles. The van der Waals surface area contributed by atoms with Gasteiger partial charge in [-0.1, -0.05) is 11.6 Å². The Morgan fingerprint density at radius 2 is 2.38 bits per heavy atom. The molecule has 0 N–H and O–H groups in total. The molecule has 40 valence electrons. The molecule has 0 amide bonds. The molecule has 1 heterocycles. The maximum atomic E-state index is 5.44. The first-order valence-electron chi connectivity index (χ1n) is 1.90. The first kappa shape index (κ1) is 5.87. The summed E-state index contributed by atoms with van der Waals surface area (Å²) in [4.78, 5) is 3.78. The average Bonchev–Trinajstić information content (AvgIpc) is 1.77. The highest BCUT2D eigenvalue weighted by Crippen LogP contribution is 2.03. The second kappa shape index (κ2) is 2.34. The standard InChI is InChI=1S/C5HBrClN/c6-5-2-1-4(7)3-8-5/h3H. The topological polar surface area (TPSA) is 12.9 Å². The van der Waals surface area contributed by atoms with E-state index < -0.39 is 0 Å². The lowest BCUT2D eigenvalue weighted by atomic mass is 10.6. The van der Waals surface area contributed by atoms with Crippen LogP contribution in [0.25, 0.3) is 0 Å². The van der Waals surface area contributed by atoms with Crippen molar-refractivity contribution < 1.29 is 0 Å². The highest BCUT2D eigenvalue weighted by molar-refractivity contribution is 9.10. The molecular formula is C5HBrClN. The zero-order valence-electron chi connectivity index (χ0n) is 3.78. The smallest absolute Gasteiger partial charge is 0.156 e. The Labute approximate surface area is 60.8 Å². The second-order valence-corrected chi connectivity index (χ2v) is 2.31. The molecule has 0 aliphatic rings. The van der Waals surface area contributed by atoms with Crippen molar-refractivity contribution in [3.05, 3.63) is 28.0 Å². The third kappa shape index (κ3) is 1.36. The van der Waals surface area contributed by atoms with E-state index in [9.17, 15) is 0 Å². The van der Waals surface area contributed by atoms with Gasteiger partial charge < -0.3 is 0 Å². The van der Waals surface area contributed by atoms with Gasteiger partial charge >= 0.3 is 0 Å². The van der Waals surface area contributed by atoms with E-state index in [0.717, 1.165) is 0 Å². The van der Waals surface area contributed by atoms with Crippen LogP contribution in [0.4, 0.5) is 0 Å². The summed E-state index contributed by atoms with van der Waals surface area (Å²) in [5, 5.41) is 0.480. The zero-order valence-corrected chi connectivity index (χ0v) is 6.12. The molecule has 0 saturated carbocycles. The van der Waals surface area contributed by atoms with Crippen LogP contribution in [0.15, 0.2) is 10.8 Å². The predicted molar refractivity (Wildman–Crippen MR) is 34.6 cm³/mol. The molecule has 0 unspecified atom stereocenters. The Morgan fingerprint density at radius 1 is 1.62 bits per heavy atom. The molecule has 0 bridgehead atoms. The summed E-state index contributed by atoms with van der Waals surface area (Å²) in [6.07, 6.45) is 1.50. The lowest BCUT2D eigenvalue weighted by molar-refractivity contribution is 1.29. The summed E-state index contributed by atoms with van der Waals surface area (Å²) in [5.74, 6) is 0. The Hall–Kier alpha value is -0.260. The Bertz CT molecular complexity index is 151. The molecule has 1 aromatic heterocycles. The van der Waals surface area contributed by atoms with Gasteiger partial charge in [-0.2, -0.15) is 0 Å². The van der Waals surface area contributed by atoms with E-state index in [4.69, 9.17) is 11.6 Å². The molecule has 8 heavy (non-hydrogen) atoms. The summed E-state index contributed by atoms with van der Waals surface area (Å²) in [6.45, 7) is 0. The Morgan fingerprint density at radius 3 is 2.75 bits per heavy atom. The van der Waals surface area contributed by atoms with Crippen LogP contribution in [0, 0.1) is 12.1 Å². The van der Waals surface area contributed by atoms with Gasteiger partial charge in [0.15, 0.2) is 4.60 Å². The fraction of sp³-hybridized carbons (Fsp3) is 0. The van der Waals surface area contributed by atoms with Crippen molar-refractivity contribution in [1.82, 2.24) is 4.98 Å². The third-order valence-corrected chi connectivity index (χ3v) is 1.17. The van der Waals surface area contributed by atoms with Crippen molar-refractivity contribution in [2.75, 3.05) is 0 Å². The Kier molecular flexibility index (Phi) is 1.72. The van der Waals surface area contributed by atoms with Crippen LogP contribution in [0.3, 0.4) is 0 Å². The summed E-state index contributed by atoms with van der Waals surface area (Å²) in [6, 6.07) is 5.28. The molecule has 1 nitrogen and oxygen atoms in total. The van der Waals surface area contributed by atoms with Crippen LogP contribution in [-0.4, -0.2) is 4.98 Å². The maximum Gasteiger partial charge on any atom is 0.156 e. The van der Waals surface area contributed by atoms with E-state index in [1.54, 1.807) is 0 Å². The monoisotopic (exact) mass is 189 g/mol. The normalized spacial score (nSPS) is 8.25. The minimum atomic E-state index is 0.480. The molecule has 0 aliphatic heterocycles. The molecule has 0 spiro atoms. The molecule has 0 atom stereocenters. The number of nitrogens with zero attached hydrogens (tertiary/aromatic N) is 1. The highest BCUT2D eigenvalue weighted by atomic mass is 79.9. The first-order valence-corrected chi connectivity index (χ1v) is 3.07. The first-order chi connectivity index (χ1) is 3.79. The molecule has 1 aromatic rings. The zero-order chi connectivity index (χ0) is 5.98. The van der Waals surface area contributed by atoms with Gasteiger partial charge in [0.05, 0.1) is 6.20 Å². The molecular weight excluding hydrogens is 189 g/mol. The van der Waals surface area contributed by atoms with Gasteiger partial charge in [0, 0.05) is 0 Å². The van der Waals surface area contributed by atoms with Crippen molar-refractivity contribution in [3.63, 3.8) is 0 Å². The summed E-state index contributed by atoms with van der Waals surface area (Å²) < 4.78 is 0.627. The molecule has 0 aliphatic carbocycles. The Balaban J connectivity index is 3.03. The summed E-state index contributed by atoms with van der Waals surface area (Å²) >= 11 is 8.53. The largest absolute Gasteiger partial charge is 0.238 e. The minimum Gasteiger partial charge on any atom is -0.238 e. The lowest BCUT2D eigenvalue weighted by Gasteiger charge is -1.78. The highest BCUT2D eigenvalue weighted by Gasteiger charge is 1.82. The van der Waals surface area contributed by atoms with E-state index in [1.807, 2.05) is 0 Å². The van der Waals surface area contributed by atoms with Gasteiger partial charge in [0.1, 0.15) is 5.02 Å². The van der Waals surface area contributed by atoms with Gasteiger partial charge in [0.2, 0.25) is 0 Å². The maximum absolute atomic E-state index is 5.44. The number of halogens is 2. The van der Waals surface area contributed by atoms with Gasteiger partial charge in [-0.05, 0) is 28.1 Å². The molecule has 1 rings (SSSR count). The number of hydrogen-bond donors (Lipinski definition) is 0. The van der Waals surface area contributed by atoms with Crippen LogP contribution in [0.1, 0.15) is 0 Å². The van der Waals surface area contributed by atoms with Gasteiger partial charge in [-0.15, -0.1) is 0 Å². The minimum absolute atomic E-state index is 0.480. The predicted octanol–water partition coefficient (Wildman–Crippen LogP) is 2.10. The fourth-order valence-corrected chi connectivity index (χ4v) is 0.587. The van der Waals surface area contributed by atoms with E-state index in [0.29, 0.717) is 9.63 Å². The summed E-state index contributed by atoms with van der Waals surface area (Å²) in [7, 11) is 0. The van der Waals surface area contributed by atoms with E-state index >= 15 is 0 Å². The van der Waals surface area contributed by atoms with Crippen LogP contribution < -0.4 is 0 Å². The third-order valence-electron chi connectivity index (χ3n) is 0.576. The fourth-order valence-electron chi connectivity index (χ4n) is 0.289. The SMILES string of the molecule is Clc1c#cc(Br)nc1. The molecule has 0 saturated heterocycles. The number of hydrogen-bond acceptors (Lipinski definition) is 1. The average molecular weight is 190 g/mol. The van der Waals surface area contributed by atoms with Crippen molar-refractivity contribution in [3.8, 4) is 0 Å². The second-order valence-electron chi connectivity index (χ2n) is 1.15. The lowest BCUT2D eigenvalue weighted by Crippen LogP contribution is -1.67. The van der Waals surface area contributed by atoms with Crippen LogP contribution in [-0.2, 0) is 0 Å². The van der Waals surface area contributed by atoms with E-state index in [1.165, 1.54) is 6.20 Å². The quantitative estimate of drug-likeness (QED) is 0.610. The van der Waals surface area contributed by atoms with Crippen molar-refractivity contribution >= 4 is 27.5 Å². The number of rotatable bonds is 0. The van der Waals surface area contributed by atoms with Gasteiger partial charge in [-0.25, -0.2) is 4.98 Å². The van der Waals surface area contributed by atoms with E-state index in [-0.39, 0.29) is 0 Å². The van der Waals surface area contributed by atoms with Gasteiger partial charge in [0.25, 0.3) is 0 Å². The van der Waals surface area contributed by atoms with Crippen LogP contribution >= 0.6 is 27.5 Å². The van der Waals surface area contributed by atoms with Crippen LogP contribution in [0.5, 0.6) is 0 Å².